The van der Waals surface area contributed by atoms with E-state index in [1.165, 1.54) is 12.7 Å². The fourth-order valence-electron chi connectivity index (χ4n) is 5.22. The Balaban J connectivity index is 1.40. The summed E-state index contributed by atoms with van der Waals surface area (Å²) in [6.07, 6.45) is 7.20. The Morgan fingerprint density at radius 1 is 1.17 bits per heavy atom. The van der Waals surface area contributed by atoms with Crippen molar-refractivity contribution < 1.29 is 14.3 Å². The molecule has 0 spiro atoms. The zero-order valence-electron chi connectivity index (χ0n) is 18.0. The maximum absolute atomic E-state index is 12.5. The van der Waals surface area contributed by atoms with Gasteiger partial charge in [0, 0.05) is 24.4 Å². The number of rotatable bonds is 5. The minimum atomic E-state index is -0.271. The quantitative estimate of drug-likeness (QED) is 0.773. The predicted molar refractivity (Wildman–Crippen MR) is 115 cm³/mol. The summed E-state index contributed by atoms with van der Waals surface area (Å²) in [7, 11) is 1.45. The number of carbonyl (C=O) groups excluding carboxylic acids is 1. The molecule has 1 amide bonds. The van der Waals surface area contributed by atoms with Crippen molar-refractivity contribution in [3.05, 3.63) is 53.9 Å². The molecule has 1 aliphatic carbocycles. The molecule has 6 heteroatoms. The number of nitrogens with one attached hydrogen (secondary N) is 1. The zero-order valence-corrected chi connectivity index (χ0v) is 18.0. The van der Waals surface area contributed by atoms with Gasteiger partial charge >= 0.3 is 6.09 Å². The summed E-state index contributed by atoms with van der Waals surface area (Å²) < 4.78 is 11.5. The number of aromatic nitrogens is 2. The fraction of sp³-hybridized carbons (Fsp3) is 0.583. The highest BCUT2D eigenvalue weighted by molar-refractivity contribution is 5.68. The largest absolute Gasteiger partial charge is 0.453 e. The Bertz CT molecular complexity index is 787. The molecule has 1 unspecified atom stereocenters. The van der Waals surface area contributed by atoms with E-state index in [2.05, 4.69) is 47.5 Å². The van der Waals surface area contributed by atoms with E-state index in [9.17, 15) is 4.79 Å². The van der Waals surface area contributed by atoms with Gasteiger partial charge in [0.2, 0.25) is 0 Å². The summed E-state index contributed by atoms with van der Waals surface area (Å²) >= 11 is 0. The van der Waals surface area contributed by atoms with Gasteiger partial charge in [-0.2, -0.15) is 5.10 Å². The molecule has 162 valence electrons. The number of piperidine rings is 1. The van der Waals surface area contributed by atoms with Gasteiger partial charge in [-0.1, -0.05) is 37.3 Å². The molecular formula is C24H33N3O3. The summed E-state index contributed by atoms with van der Waals surface area (Å²) in [5.41, 5.74) is 2.50. The summed E-state index contributed by atoms with van der Waals surface area (Å²) in [4.78, 5) is 14.4. The molecule has 0 bridgehead atoms. The number of ether oxygens (including phenoxy) is 2. The van der Waals surface area contributed by atoms with Crippen molar-refractivity contribution in [2.45, 2.75) is 63.0 Å². The van der Waals surface area contributed by atoms with Gasteiger partial charge < -0.3 is 14.4 Å². The number of nitrogens with zero attached hydrogens (tertiary/aromatic N) is 2. The number of likely N-dealkylation sites (tertiary alicyclic amines) is 1. The van der Waals surface area contributed by atoms with Crippen LogP contribution in [-0.4, -0.2) is 53.6 Å². The van der Waals surface area contributed by atoms with E-state index in [-0.39, 0.29) is 24.2 Å². The van der Waals surface area contributed by atoms with Crippen LogP contribution >= 0.6 is 0 Å². The van der Waals surface area contributed by atoms with Crippen LogP contribution in [0.3, 0.4) is 0 Å². The standard InChI is InChI=1S/C24H33N3O3/c1-17-14-21(22-12-13-25-26-22)23(27(15-17)24(28)29-2)16-30-20-10-8-19(9-11-20)18-6-4-3-5-7-18/h3-7,12-13,17,19-21,23H,8-11,14-16H2,1-2H3,(H,25,26)/t17-,19?,20?,21?,23-/m0/s1. The van der Waals surface area contributed by atoms with E-state index in [1.54, 1.807) is 6.20 Å². The third-order valence-corrected chi connectivity index (χ3v) is 6.81. The van der Waals surface area contributed by atoms with Crippen LogP contribution in [-0.2, 0) is 9.47 Å². The molecule has 3 atom stereocenters. The highest BCUT2D eigenvalue weighted by atomic mass is 16.5. The SMILES string of the molecule is COC(=O)N1C[C@@H](C)CC(c2ccn[nH]2)[C@@H]1COC1CCC(c2ccccc2)CC1. The summed E-state index contributed by atoms with van der Waals surface area (Å²) in [5.74, 6) is 1.21. The van der Waals surface area contributed by atoms with Crippen LogP contribution in [0.5, 0.6) is 0 Å². The van der Waals surface area contributed by atoms with E-state index < -0.39 is 0 Å². The number of amides is 1. The molecule has 1 aliphatic heterocycles. The average molecular weight is 412 g/mol. The number of hydrogen-bond acceptors (Lipinski definition) is 4. The van der Waals surface area contributed by atoms with Crippen LogP contribution in [0.4, 0.5) is 4.79 Å². The Morgan fingerprint density at radius 3 is 2.60 bits per heavy atom. The Hall–Kier alpha value is -2.34. The van der Waals surface area contributed by atoms with Gasteiger partial charge in [0.15, 0.2) is 0 Å². The average Bonchev–Trinajstić information content (AvgIpc) is 3.33. The van der Waals surface area contributed by atoms with Crippen LogP contribution in [0.2, 0.25) is 0 Å². The molecule has 2 aromatic rings. The van der Waals surface area contributed by atoms with Crippen LogP contribution in [0.25, 0.3) is 0 Å². The van der Waals surface area contributed by atoms with Crippen LogP contribution in [0, 0.1) is 5.92 Å². The number of H-pyrrole nitrogens is 1. The lowest BCUT2D eigenvalue weighted by Crippen LogP contribution is -2.52. The van der Waals surface area contributed by atoms with Crippen molar-refractivity contribution in [3.8, 4) is 0 Å². The molecule has 0 radical (unpaired) electrons. The van der Waals surface area contributed by atoms with Crippen LogP contribution in [0.15, 0.2) is 42.6 Å². The minimum absolute atomic E-state index is 0.0408. The number of hydrogen-bond donors (Lipinski definition) is 1. The Kier molecular flexibility index (Phi) is 6.72. The molecule has 1 aromatic carbocycles. The Morgan fingerprint density at radius 2 is 1.93 bits per heavy atom. The third kappa shape index (κ3) is 4.69. The van der Waals surface area contributed by atoms with Crippen molar-refractivity contribution in [2.75, 3.05) is 20.3 Å². The van der Waals surface area contributed by atoms with Crippen LogP contribution in [0.1, 0.15) is 62.1 Å². The first-order chi connectivity index (χ1) is 14.7. The van der Waals surface area contributed by atoms with E-state index >= 15 is 0 Å². The second kappa shape index (κ2) is 9.65. The zero-order chi connectivity index (χ0) is 20.9. The molecule has 2 heterocycles. The highest BCUT2D eigenvalue weighted by Crippen LogP contribution is 2.37. The van der Waals surface area contributed by atoms with Gasteiger partial charge in [-0.05, 0) is 55.6 Å². The molecular weight excluding hydrogens is 378 g/mol. The topological polar surface area (TPSA) is 67.5 Å². The van der Waals surface area contributed by atoms with E-state index in [1.807, 2.05) is 11.0 Å². The van der Waals surface area contributed by atoms with Gasteiger partial charge in [0.1, 0.15) is 0 Å². The fourth-order valence-corrected chi connectivity index (χ4v) is 5.22. The normalized spacial score (nSPS) is 29.5. The lowest BCUT2D eigenvalue weighted by atomic mass is 9.81. The molecule has 1 saturated carbocycles. The van der Waals surface area contributed by atoms with E-state index in [0.717, 1.165) is 37.8 Å². The van der Waals surface area contributed by atoms with E-state index in [4.69, 9.17) is 9.47 Å². The smallest absolute Gasteiger partial charge is 0.409 e. The first-order valence-corrected chi connectivity index (χ1v) is 11.2. The maximum Gasteiger partial charge on any atom is 0.409 e. The van der Waals surface area contributed by atoms with Crippen LogP contribution < -0.4 is 0 Å². The van der Waals surface area contributed by atoms with Crippen molar-refractivity contribution in [3.63, 3.8) is 0 Å². The minimum Gasteiger partial charge on any atom is -0.453 e. The number of aromatic amines is 1. The van der Waals surface area contributed by atoms with Gasteiger partial charge in [-0.3, -0.25) is 5.10 Å². The van der Waals surface area contributed by atoms with Crippen molar-refractivity contribution in [2.24, 2.45) is 5.92 Å². The Labute approximate surface area is 178 Å². The first kappa shape index (κ1) is 20.9. The second-order valence-electron chi connectivity index (χ2n) is 8.87. The molecule has 2 aliphatic rings. The van der Waals surface area contributed by atoms with Crippen molar-refractivity contribution >= 4 is 6.09 Å². The lowest BCUT2D eigenvalue weighted by Gasteiger charge is -2.43. The summed E-state index contributed by atoms with van der Waals surface area (Å²) in [6.45, 7) is 3.42. The molecule has 4 rings (SSSR count). The molecule has 30 heavy (non-hydrogen) atoms. The first-order valence-electron chi connectivity index (χ1n) is 11.2. The molecule has 1 N–H and O–H groups in total. The van der Waals surface area contributed by atoms with Gasteiger partial charge in [0.05, 0.1) is 25.9 Å². The molecule has 6 nitrogen and oxygen atoms in total. The van der Waals surface area contributed by atoms with Gasteiger partial charge in [0.25, 0.3) is 0 Å². The van der Waals surface area contributed by atoms with E-state index in [0.29, 0.717) is 25.0 Å². The second-order valence-corrected chi connectivity index (χ2v) is 8.87. The third-order valence-electron chi connectivity index (χ3n) is 6.81. The number of methoxy groups -OCH3 is 1. The monoisotopic (exact) mass is 411 g/mol. The predicted octanol–water partition coefficient (Wildman–Crippen LogP) is 4.71. The van der Waals surface area contributed by atoms with Gasteiger partial charge in [-0.25, -0.2) is 4.79 Å². The molecule has 2 fully saturated rings. The number of carbonyl (C=O) groups is 1. The lowest BCUT2D eigenvalue weighted by molar-refractivity contribution is -0.0303. The highest BCUT2D eigenvalue weighted by Gasteiger charge is 2.40. The summed E-state index contributed by atoms with van der Waals surface area (Å²) in [5, 5.41) is 7.25. The van der Waals surface area contributed by atoms with Crippen molar-refractivity contribution in [1.82, 2.24) is 15.1 Å². The molecule has 1 aromatic heterocycles. The summed E-state index contributed by atoms with van der Waals surface area (Å²) in [6, 6.07) is 12.8. The van der Waals surface area contributed by atoms with Gasteiger partial charge in [-0.15, -0.1) is 0 Å². The maximum atomic E-state index is 12.5. The molecule has 1 saturated heterocycles. The van der Waals surface area contributed by atoms with Crippen molar-refractivity contribution in [1.29, 1.82) is 0 Å². The number of benzene rings is 1.